The summed E-state index contributed by atoms with van der Waals surface area (Å²) in [5.74, 6) is -0.140. The van der Waals surface area contributed by atoms with Crippen LogP contribution >= 0.6 is 22.9 Å². The predicted octanol–water partition coefficient (Wildman–Crippen LogP) is 3.92. The van der Waals surface area contributed by atoms with E-state index in [0.717, 1.165) is 39.1 Å². The Morgan fingerprint density at radius 1 is 1.14 bits per heavy atom. The van der Waals surface area contributed by atoms with E-state index in [4.69, 9.17) is 11.6 Å². The molecule has 2 atom stereocenters. The Bertz CT molecular complexity index is 1160. The summed E-state index contributed by atoms with van der Waals surface area (Å²) in [4.78, 5) is 33.5. The second-order valence-electron chi connectivity index (χ2n) is 9.62. The SMILES string of the molecule is O=C(Nc1ccc(O)c(Cl)c1)[C@@H]1CCN(CC(=O)N2CCN(C3C=CC=C(c4cccs4)C3)CC2)C1. The highest BCUT2D eigenvalue weighted by molar-refractivity contribution is 7.11. The minimum absolute atomic E-state index is 0.0174. The molecule has 1 aromatic heterocycles. The van der Waals surface area contributed by atoms with Crippen LogP contribution in [0.4, 0.5) is 5.69 Å². The smallest absolute Gasteiger partial charge is 0.236 e. The first-order chi connectivity index (χ1) is 17.5. The fraction of sp³-hybridized carbons (Fsp3) is 0.407. The van der Waals surface area contributed by atoms with E-state index in [-0.39, 0.29) is 28.5 Å². The van der Waals surface area contributed by atoms with E-state index in [1.165, 1.54) is 22.6 Å². The second-order valence-corrected chi connectivity index (χ2v) is 11.0. The van der Waals surface area contributed by atoms with E-state index in [1.54, 1.807) is 17.4 Å². The first kappa shape index (κ1) is 25.0. The van der Waals surface area contributed by atoms with Crippen molar-refractivity contribution in [1.82, 2.24) is 14.7 Å². The number of benzene rings is 1. The largest absolute Gasteiger partial charge is 0.506 e. The van der Waals surface area contributed by atoms with Gasteiger partial charge in [0.15, 0.2) is 0 Å². The molecule has 2 amide bonds. The summed E-state index contributed by atoms with van der Waals surface area (Å²) < 4.78 is 0. The maximum Gasteiger partial charge on any atom is 0.236 e. The zero-order valence-electron chi connectivity index (χ0n) is 20.1. The standard InChI is InChI=1S/C27H31ClN4O3S/c28-23-16-21(6-7-24(23)33)29-27(35)20-8-9-30(17-20)18-26(34)32-12-10-31(11-13-32)22-4-1-3-19(15-22)25-5-2-14-36-25/h1-7,14,16,20,22,33H,8-13,15,17-18H2,(H,29,35)/t20-,22?/m1/s1. The average Bonchev–Trinajstić information content (AvgIpc) is 3.59. The number of thiophene rings is 1. The van der Waals surface area contributed by atoms with Gasteiger partial charge in [0.1, 0.15) is 5.75 Å². The summed E-state index contributed by atoms with van der Waals surface area (Å²) in [6, 6.07) is 9.27. The number of nitrogens with zero attached hydrogens (tertiary/aromatic N) is 3. The van der Waals surface area contributed by atoms with E-state index in [2.05, 4.69) is 50.9 Å². The van der Waals surface area contributed by atoms with Gasteiger partial charge in [0.2, 0.25) is 11.8 Å². The Labute approximate surface area is 220 Å². The van der Waals surface area contributed by atoms with Crippen molar-refractivity contribution in [3.63, 3.8) is 0 Å². The summed E-state index contributed by atoms with van der Waals surface area (Å²) in [5, 5.41) is 14.7. The number of carbonyl (C=O) groups excluding carboxylic acids is 2. The molecule has 0 saturated carbocycles. The van der Waals surface area contributed by atoms with Crippen LogP contribution in [-0.4, -0.2) is 83.5 Å². The highest BCUT2D eigenvalue weighted by Gasteiger charge is 2.32. The van der Waals surface area contributed by atoms with Crippen molar-refractivity contribution < 1.29 is 14.7 Å². The molecule has 5 rings (SSSR count). The molecule has 2 N–H and O–H groups in total. The first-order valence-electron chi connectivity index (χ1n) is 12.4. The molecule has 2 saturated heterocycles. The molecule has 3 aliphatic rings. The number of aromatic hydroxyl groups is 1. The number of piperazine rings is 1. The molecule has 0 radical (unpaired) electrons. The molecule has 9 heteroatoms. The van der Waals surface area contributed by atoms with Crippen molar-refractivity contribution in [2.24, 2.45) is 5.92 Å². The maximum atomic E-state index is 13.0. The van der Waals surface area contributed by atoms with Gasteiger partial charge in [-0.3, -0.25) is 19.4 Å². The molecule has 7 nitrogen and oxygen atoms in total. The molecule has 36 heavy (non-hydrogen) atoms. The van der Waals surface area contributed by atoms with Crippen LogP contribution in [0, 0.1) is 5.92 Å². The van der Waals surface area contributed by atoms with Crippen molar-refractivity contribution in [1.29, 1.82) is 0 Å². The van der Waals surface area contributed by atoms with Gasteiger partial charge in [0.05, 0.1) is 17.5 Å². The summed E-state index contributed by atoms with van der Waals surface area (Å²) in [6.07, 6.45) is 8.38. The normalized spacial score (nSPS) is 23.0. The number of rotatable bonds is 6. The molecule has 2 aromatic rings. The first-order valence-corrected chi connectivity index (χ1v) is 13.7. The lowest BCUT2D eigenvalue weighted by Gasteiger charge is -2.39. The van der Waals surface area contributed by atoms with E-state index >= 15 is 0 Å². The Hall–Kier alpha value is -2.65. The monoisotopic (exact) mass is 526 g/mol. The van der Waals surface area contributed by atoms with Crippen LogP contribution in [0.25, 0.3) is 5.57 Å². The van der Waals surface area contributed by atoms with Crippen LogP contribution in [0.1, 0.15) is 17.7 Å². The van der Waals surface area contributed by atoms with Gasteiger partial charge in [0.25, 0.3) is 0 Å². The van der Waals surface area contributed by atoms with Gasteiger partial charge in [-0.2, -0.15) is 0 Å². The maximum absolute atomic E-state index is 13.0. The van der Waals surface area contributed by atoms with Crippen LogP contribution in [-0.2, 0) is 9.59 Å². The number of carbonyl (C=O) groups is 2. The summed E-state index contributed by atoms with van der Waals surface area (Å²) in [5.41, 5.74) is 1.94. The number of amides is 2. The topological polar surface area (TPSA) is 76.1 Å². The number of hydrogen-bond acceptors (Lipinski definition) is 6. The number of allylic oxidation sites excluding steroid dienone is 2. The number of anilines is 1. The van der Waals surface area contributed by atoms with Crippen LogP contribution in [0.15, 0.2) is 53.9 Å². The minimum atomic E-state index is -0.175. The van der Waals surface area contributed by atoms with Crippen LogP contribution in [0.5, 0.6) is 5.75 Å². The Morgan fingerprint density at radius 2 is 1.97 bits per heavy atom. The zero-order chi connectivity index (χ0) is 25.1. The van der Waals surface area contributed by atoms with Crippen molar-refractivity contribution in [2.45, 2.75) is 18.9 Å². The molecule has 1 unspecified atom stereocenters. The molecular formula is C27H31ClN4O3S. The van der Waals surface area contributed by atoms with Gasteiger partial charge in [-0.25, -0.2) is 0 Å². The lowest BCUT2D eigenvalue weighted by Crippen LogP contribution is -2.53. The number of halogens is 1. The Kier molecular flexibility index (Phi) is 7.76. The van der Waals surface area contributed by atoms with E-state index in [1.807, 2.05) is 4.90 Å². The van der Waals surface area contributed by atoms with E-state index in [9.17, 15) is 14.7 Å². The van der Waals surface area contributed by atoms with Crippen molar-refractivity contribution in [3.8, 4) is 5.75 Å². The second kappa shape index (κ2) is 11.2. The van der Waals surface area contributed by atoms with Gasteiger partial charge in [-0.15, -0.1) is 11.3 Å². The van der Waals surface area contributed by atoms with Crippen molar-refractivity contribution in [2.75, 3.05) is 51.1 Å². The number of likely N-dealkylation sites (tertiary alicyclic amines) is 1. The third-order valence-electron chi connectivity index (χ3n) is 7.25. The quantitative estimate of drug-likeness (QED) is 0.558. The van der Waals surface area contributed by atoms with Crippen LogP contribution < -0.4 is 5.32 Å². The summed E-state index contributed by atoms with van der Waals surface area (Å²) >= 11 is 7.71. The average molecular weight is 527 g/mol. The summed E-state index contributed by atoms with van der Waals surface area (Å²) in [7, 11) is 0. The molecule has 2 fully saturated rings. The van der Waals surface area contributed by atoms with Crippen molar-refractivity contribution in [3.05, 3.63) is 63.8 Å². The molecule has 0 bridgehead atoms. The zero-order valence-corrected chi connectivity index (χ0v) is 21.7. The lowest BCUT2D eigenvalue weighted by molar-refractivity contribution is -0.134. The highest BCUT2D eigenvalue weighted by atomic mass is 35.5. The van der Waals surface area contributed by atoms with Gasteiger partial charge in [-0.1, -0.05) is 35.9 Å². The number of phenolic OH excluding ortho intramolecular Hbond substituents is 1. The number of phenols is 1. The molecule has 1 aromatic carbocycles. The van der Waals surface area contributed by atoms with Crippen molar-refractivity contribution >= 4 is 46.0 Å². The minimum Gasteiger partial charge on any atom is -0.506 e. The Balaban J connectivity index is 1.06. The molecule has 190 valence electrons. The molecule has 1 aliphatic carbocycles. The van der Waals surface area contributed by atoms with Gasteiger partial charge >= 0.3 is 0 Å². The molecular weight excluding hydrogens is 496 g/mol. The van der Waals surface area contributed by atoms with Gasteiger partial charge < -0.3 is 15.3 Å². The molecule has 3 heterocycles. The van der Waals surface area contributed by atoms with Crippen LogP contribution in [0.2, 0.25) is 5.02 Å². The van der Waals surface area contributed by atoms with E-state index in [0.29, 0.717) is 31.2 Å². The molecule has 0 spiro atoms. The predicted molar refractivity (Wildman–Crippen MR) is 144 cm³/mol. The lowest BCUT2D eigenvalue weighted by atomic mass is 9.97. The highest BCUT2D eigenvalue weighted by Crippen LogP contribution is 2.30. The van der Waals surface area contributed by atoms with Gasteiger partial charge in [0, 0.05) is 49.3 Å². The number of nitrogens with one attached hydrogen (secondary N) is 1. The molecule has 2 aliphatic heterocycles. The van der Waals surface area contributed by atoms with Gasteiger partial charge in [-0.05, 0) is 54.6 Å². The fourth-order valence-electron chi connectivity index (χ4n) is 5.17. The third-order valence-corrected chi connectivity index (χ3v) is 8.50. The fourth-order valence-corrected chi connectivity index (χ4v) is 6.11. The Morgan fingerprint density at radius 3 is 2.72 bits per heavy atom. The number of hydrogen-bond donors (Lipinski definition) is 2. The van der Waals surface area contributed by atoms with E-state index < -0.39 is 0 Å². The summed E-state index contributed by atoms with van der Waals surface area (Å²) in [6.45, 7) is 4.86. The van der Waals surface area contributed by atoms with Crippen LogP contribution in [0.3, 0.4) is 0 Å². The third kappa shape index (κ3) is 5.83.